The van der Waals surface area contributed by atoms with Gasteiger partial charge in [-0.25, -0.2) is 0 Å². The topological polar surface area (TPSA) is 58.6 Å². The van der Waals surface area contributed by atoms with E-state index in [0.29, 0.717) is 24.4 Å². The highest BCUT2D eigenvalue weighted by Crippen LogP contribution is 2.23. The lowest BCUT2D eigenvalue weighted by Gasteiger charge is -2.23. The fourth-order valence-electron chi connectivity index (χ4n) is 2.00. The zero-order valence-corrected chi connectivity index (χ0v) is 10.5. The lowest BCUT2D eigenvalue weighted by Crippen LogP contribution is -2.44. The number of para-hydroxylation sites is 1. The van der Waals surface area contributed by atoms with Crippen LogP contribution in [0, 0.1) is 0 Å². The summed E-state index contributed by atoms with van der Waals surface area (Å²) in [4.78, 5) is 25.8. The number of amides is 2. The minimum atomic E-state index is -0.526. The van der Waals surface area contributed by atoms with Crippen LogP contribution in [0.15, 0.2) is 24.3 Å². The maximum Gasteiger partial charge on any atom is 0.254 e. The van der Waals surface area contributed by atoms with Gasteiger partial charge in [0, 0.05) is 13.7 Å². The average molecular weight is 248 g/mol. The standard InChI is InChI=1S/C13H16N2O3/c1-9-13(17)15(7-8-18-2)11-6-4-3-5-10(11)12(16)14-9/h3-6,9H,7-8H2,1-2H3,(H,14,16). The van der Waals surface area contributed by atoms with Crippen molar-refractivity contribution in [2.75, 3.05) is 25.2 Å². The van der Waals surface area contributed by atoms with E-state index < -0.39 is 6.04 Å². The van der Waals surface area contributed by atoms with E-state index in [-0.39, 0.29) is 11.8 Å². The predicted octanol–water partition coefficient (Wildman–Crippen LogP) is 0.798. The second kappa shape index (κ2) is 5.18. The molecule has 1 atom stereocenters. The van der Waals surface area contributed by atoms with Crippen molar-refractivity contribution in [3.05, 3.63) is 29.8 Å². The van der Waals surface area contributed by atoms with Crippen LogP contribution in [-0.2, 0) is 9.53 Å². The van der Waals surface area contributed by atoms with Crippen LogP contribution < -0.4 is 10.2 Å². The molecule has 1 aromatic rings. The number of nitrogens with one attached hydrogen (secondary N) is 1. The van der Waals surface area contributed by atoms with Crippen LogP contribution in [-0.4, -0.2) is 38.1 Å². The van der Waals surface area contributed by atoms with Crippen LogP contribution in [0.1, 0.15) is 17.3 Å². The summed E-state index contributed by atoms with van der Waals surface area (Å²) in [6.45, 7) is 2.55. The Hall–Kier alpha value is -1.88. The number of ether oxygens (including phenoxy) is 1. The summed E-state index contributed by atoms with van der Waals surface area (Å²) in [6, 6.07) is 6.57. The summed E-state index contributed by atoms with van der Waals surface area (Å²) in [5.41, 5.74) is 1.16. The van der Waals surface area contributed by atoms with Crippen molar-refractivity contribution in [1.82, 2.24) is 5.32 Å². The number of hydrogen-bond donors (Lipinski definition) is 1. The first-order valence-electron chi connectivity index (χ1n) is 5.85. The highest BCUT2D eigenvalue weighted by molar-refractivity contribution is 6.10. The first-order valence-corrected chi connectivity index (χ1v) is 5.85. The molecule has 0 aliphatic carbocycles. The van der Waals surface area contributed by atoms with E-state index in [2.05, 4.69) is 5.32 Å². The molecular formula is C13H16N2O3. The van der Waals surface area contributed by atoms with Gasteiger partial charge in [-0.2, -0.15) is 0 Å². The Labute approximate surface area is 106 Å². The molecule has 1 aliphatic heterocycles. The SMILES string of the molecule is COCCN1C(=O)C(C)NC(=O)c2ccccc21. The number of benzene rings is 1. The Kier molecular flexibility index (Phi) is 3.62. The van der Waals surface area contributed by atoms with E-state index in [0.717, 1.165) is 0 Å². The Balaban J connectivity index is 2.43. The van der Waals surface area contributed by atoms with Crippen molar-refractivity contribution in [3.63, 3.8) is 0 Å². The highest BCUT2D eigenvalue weighted by Gasteiger charge is 2.30. The maximum absolute atomic E-state index is 12.2. The third-order valence-electron chi connectivity index (χ3n) is 2.94. The van der Waals surface area contributed by atoms with Gasteiger partial charge in [0.25, 0.3) is 5.91 Å². The van der Waals surface area contributed by atoms with Gasteiger partial charge < -0.3 is 15.0 Å². The zero-order chi connectivity index (χ0) is 13.1. The van der Waals surface area contributed by atoms with E-state index in [1.807, 2.05) is 6.07 Å². The molecule has 1 aliphatic rings. The van der Waals surface area contributed by atoms with Crippen molar-refractivity contribution >= 4 is 17.5 Å². The number of rotatable bonds is 3. The first-order chi connectivity index (χ1) is 8.65. The zero-order valence-electron chi connectivity index (χ0n) is 10.5. The number of hydrogen-bond acceptors (Lipinski definition) is 3. The fraction of sp³-hybridized carbons (Fsp3) is 0.385. The molecule has 0 bridgehead atoms. The van der Waals surface area contributed by atoms with Crippen LogP contribution in [0.25, 0.3) is 0 Å². The van der Waals surface area contributed by atoms with E-state index in [9.17, 15) is 9.59 Å². The summed E-state index contributed by atoms with van der Waals surface area (Å²) in [5.74, 6) is -0.336. The molecule has 0 fully saturated rings. The summed E-state index contributed by atoms with van der Waals surface area (Å²) in [7, 11) is 1.58. The summed E-state index contributed by atoms with van der Waals surface area (Å²) in [6.07, 6.45) is 0. The van der Waals surface area contributed by atoms with Crippen molar-refractivity contribution in [3.8, 4) is 0 Å². The minimum Gasteiger partial charge on any atom is -0.383 e. The molecule has 0 saturated heterocycles. The second-order valence-corrected chi connectivity index (χ2v) is 4.19. The molecule has 5 heteroatoms. The molecule has 5 nitrogen and oxygen atoms in total. The second-order valence-electron chi connectivity index (χ2n) is 4.19. The van der Waals surface area contributed by atoms with Gasteiger partial charge in [0.05, 0.1) is 17.9 Å². The van der Waals surface area contributed by atoms with Crippen LogP contribution in [0.5, 0.6) is 0 Å². The van der Waals surface area contributed by atoms with Gasteiger partial charge in [-0.15, -0.1) is 0 Å². The smallest absolute Gasteiger partial charge is 0.254 e. The van der Waals surface area contributed by atoms with Gasteiger partial charge >= 0.3 is 0 Å². The third kappa shape index (κ3) is 2.22. The normalized spacial score (nSPS) is 19.2. The monoisotopic (exact) mass is 248 g/mol. The quantitative estimate of drug-likeness (QED) is 0.860. The van der Waals surface area contributed by atoms with E-state index in [1.165, 1.54) is 0 Å². The molecule has 0 saturated carbocycles. The van der Waals surface area contributed by atoms with Crippen LogP contribution >= 0.6 is 0 Å². The summed E-state index contributed by atoms with van der Waals surface area (Å²) in [5, 5.41) is 2.68. The molecule has 2 amide bonds. The Bertz CT molecular complexity index is 473. The van der Waals surface area contributed by atoms with Crippen molar-refractivity contribution in [2.45, 2.75) is 13.0 Å². The Morgan fingerprint density at radius 3 is 2.78 bits per heavy atom. The fourth-order valence-corrected chi connectivity index (χ4v) is 2.00. The maximum atomic E-state index is 12.2. The third-order valence-corrected chi connectivity index (χ3v) is 2.94. The molecule has 96 valence electrons. The average Bonchev–Trinajstić information content (AvgIpc) is 2.46. The lowest BCUT2D eigenvalue weighted by atomic mass is 10.1. The predicted molar refractivity (Wildman–Crippen MR) is 67.6 cm³/mol. The number of carbonyl (C=O) groups is 2. The van der Waals surface area contributed by atoms with Crippen LogP contribution in [0.3, 0.4) is 0 Å². The van der Waals surface area contributed by atoms with E-state index in [1.54, 1.807) is 37.1 Å². The molecule has 1 N–H and O–H groups in total. The lowest BCUT2D eigenvalue weighted by molar-refractivity contribution is -0.120. The van der Waals surface area contributed by atoms with Gasteiger partial charge in [0.1, 0.15) is 6.04 Å². The molecule has 1 heterocycles. The molecule has 0 spiro atoms. The van der Waals surface area contributed by atoms with Gasteiger partial charge in [0.2, 0.25) is 5.91 Å². The van der Waals surface area contributed by atoms with E-state index >= 15 is 0 Å². The van der Waals surface area contributed by atoms with E-state index in [4.69, 9.17) is 4.74 Å². The molecule has 2 rings (SSSR count). The Morgan fingerprint density at radius 2 is 2.06 bits per heavy atom. The first kappa shape index (κ1) is 12.6. The number of carbonyl (C=O) groups excluding carboxylic acids is 2. The molecule has 0 aromatic heterocycles. The number of anilines is 1. The minimum absolute atomic E-state index is 0.120. The van der Waals surface area contributed by atoms with Crippen LogP contribution in [0.2, 0.25) is 0 Å². The molecule has 1 aromatic carbocycles. The van der Waals surface area contributed by atoms with Crippen LogP contribution in [0.4, 0.5) is 5.69 Å². The number of fused-ring (bicyclic) bond motifs is 1. The molecule has 1 unspecified atom stereocenters. The van der Waals surface area contributed by atoms with Gasteiger partial charge in [-0.1, -0.05) is 12.1 Å². The van der Waals surface area contributed by atoms with Crippen molar-refractivity contribution in [2.24, 2.45) is 0 Å². The molecule has 0 radical (unpaired) electrons. The van der Waals surface area contributed by atoms with Gasteiger partial charge in [-0.3, -0.25) is 9.59 Å². The Morgan fingerprint density at radius 1 is 1.33 bits per heavy atom. The number of nitrogens with zero attached hydrogens (tertiary/aromatic N) is 1. The largest absolute Gasteiger partial charge is 0.383 e. The van der Waals surface area contributed by atoms with Crippen molar-refractivity contribution < 1.29 is 14.3 Å². The highest BCUT2D eigenvalue weighted by atomic mass is 16.5. The summed E-state index contributed by atoms with van der Waals surface area (Å²) >= 11 is 0. The summed E-state index contributed by atoms with van der Waals surface area (Å²) < 4.78 is 5.01. The van der Waals surface area contributed by atoms with Gasteiger partial charge in [-0.05, 0) is 19.1 Å². The van der Waals surface area contributed by atoms with Gasteiger partial charge in [0.15, 0.2) is 0 Å². The number of methoxy groups -OCH3 is 1. The van der Waals surface area contributed by atoms with Crippen molar-refractivity contribution in [1.29, 1.82) is 0 Å². The molecule has 18 heavy (non-hydrogen) atoms. The molecular weight excluding hydrogens is 232 g/mol.